The summed E-state index contributed by atoms with van der Waals surface area (Å²) in [5.41, 5.74) is 8.49. The molecule has 0 aliphatic rings. The minimum atomic E-state index is 0.218. The van der Waals surface area contributed by atoms with E-state index in [2.05, 4.69) is 50.0 Å². The van der Waals surface area contributed by atoms with Crippen molar-refractivity contribution in [1.29, 1.82) is 0 Å². The molecule has 0 aliphatic carbocycles. The zero-order valence-electron chi connectivity index (χ0n) is 11.2. The van der Waals surface area contributed by atoms with Gasteiger partial charge in [0.15, 0.2) is 0 Å². The summed E-state index contributed by atoms with van der Waals surface area (Å²) < 4.78 is 0. The molecule has 0 fully saturated rings. The van der Waals surface area contributed by atoms with E-state index in [1.165, 1.54) is 16.0 Å². The summed E-state index contributed by atoms with van der Waals surface area (Å²) >= 11 is 1.70. The number of hydrogen-bond donors (Lipinski definition) is 1. The number of nitrogens with two attached hydrogens (primary N) is 1. The van der Waals surface area contributed by atoms with E-state index in [1.54, 1.807) is 11.3 Å². The summed E-state index contributed by atoms with van der Waals surface area (Å²) in [4.78, 5) is 5.56. The molecule has 0 atom stereocenters. The molecule has 2 rings (SSSR count). The molecule has 0 aliphatic heterocycles. The Morgan fingerprint density at radius 1 is 1.17 bits per heavy atom. The second kappa shape index (κ2) is 5.21. The number of aromatic nitrogens is 1. The Hall–Kier alpha value is -1.19. The van der Waals surface area contributed by atoms with Crippen LogP contribution in [-0.4, -0.2) is 4.98 Å². The highest BCUT2D eigenvalue weighted by atomic mass is 32.1. The van der Waals surface area contributed by atoms with Gasteiger partial charge in [0, 0.05) is 24.0 Å². The summed E-state index contributed by atoms with van der Waals surface area (Å²) in [5, 5.41) is 1.01. The van der Waals surface area contributed by atoms with Gasteiger partial charge in [-0.15, -0.1) is 11.3 Å². The highest BCUT2D eigenvalue weighted by Gasteiger charge is 2.12. The molecule has 96 valence electrons. The van der Waals surface area contributed by atoms with Gasteiger partial charge in [0.05, 0.1) is 0 Å². The number of hydrogen-bond acceptors (Lipinski definition) is 3. The van der Waals surface area contributed by atoms with Crippen LogP contribution in [0.5, 0.6) is 0 Å². The molecular formula is C15H20N2S. The van der Waals surface area contributed by atoms with Crippen molar-refractivity contribution in [3.05, 3.63) is 51.5 Å². The van der Waals surface area contributed by atoms with Gasteiger partial charge in [0.25, 0.3) is 0 Å². The first-order chi connectivity index (χ1) is 8.49. The Bertz CT molecular complexity index is 506. The van der Waals surface area contributed by atoms with Gasteiger partial charge >= 0.3 is 0 Å². The standard InChI is InChI=1S/C15H20N2S/c1-15(2,3)12-6-4-11(5-7-12)8-13-10-17-14(9-16)18-13/h4-7,10H,8-9,16H2,1-3H3. The molecule has 2 N–H and O–H groups in total. The summed E-state index contributed by atoms with van der Waals surface area (Å²) in [7, 11) is 0. The number of rotatable bonds is 3. The third-order valence-corrected chi connectivity index (χ3v) is 3.99. The van der Waals surface area contributed by atoms with Gasteiger partial charge in [-0.2, -0.15) is 0 Å². The molecule has 2 aromatic rings. The smallest absolute Gasteiger partial charge is 0.106 e. The van der Waals surface area contributed by atoms with Gasteiger partial charge in [-0.05, 0) is 16.5 Å². The second-order valence-electron chi connectivity index (χ2n) is 5.55. The highest BCUT2D eigenvalue weighted by molar-refractivity contribution is 7.11. The molecule has 0 saturated carbocycles. The molecule has 1 aromatic heterocycles. The average Bonchev–Trinajstić information content (AvgIpc) is 2.76. The second-order valence-corrected chi connectivity index (χ2v) is 6.75. The van der Waals surface area contributed by atoms with Crippen molar-refractivity contribution < 1.29 is 0 Å². The third-order valence-electron chi connectivity index (χ3n) is 2.97. The maximum atomic E-state index is 5.57. The van der Waals surface area contributed by atoms with Gasteiger partial charge in [-0.25, -0.2) is 4.98 Å². The minimum Gasteiger partial charge on any atom is -0.325 e. The predicted molar refractivity (Wildman–Crippen MR) is 78.0 cm³/mol. The van der Waals surface area contributed by atoms with E-state index in [0.29, 0.717) is 6.54 Å². The van der Waals surface area contributed by atoms with Crippen LogP contribution in [0.1, 0.15) is 41.8 Å². The van der Waals surface area contributed by atoms with Crippen molar-refractivity contribution in [1.82, 2.24) is 4.98 Å². The van der Waals surface area contributed by atoms with Crippen molar-refractivity contribution in [2.24, 2.45) is 5.73 Å². The van der Waals surface area contributed by atoms with E-state index in [1.807, 2.05) is 6.20 Å². The zero-order chi connectivity index (χ0) is 13.2. The van der Waals surface area contributed by atoms with Crippen LogP contribution < -0.4 is 5.73 Å². The van der Waals surface area contributed by atoms with Crippen LogP contribution in [0.2, 0.25) is 0 Å². The van der Waals surface area contributed by atoms with E-state index >= 15 is 0 Å². The SMILES string of the molecule is CC(C)(C)c1ccc(Cc2cnc(CN)s2)cc1. The van der Waals surface area contributed by atoms with Crippen LogP contribution in [0.4, 0.5) is 0 Å². The molecule has 0 unspecified atom stereocenters. The van der Waals surface area contributed by atoms with Gasteiger partial charge < -0.3 is 5.73 Å². The molecule has 0 saturated heterocycles. The molecule has 18 heavy (non-hydrogen) atoms. The highest BCUT2D eigenvalue weighted by Crippen LogP contribution is 2.23. The quantitative estimate of drug-likeness (QED) is 0.917. The molecule has 0 radical (unpaired) electrons. The third kappa shape index (κ3) is 3.18. The summed E-state index contributed by atoms with van der Waals surface area (Å²) in [5.74, 6) is 0. The van der Waals surface area contributed by atoms with Gasteiger partial charge in [-0.1, -0.05) is 45.0 Å². The Balaban J connectivity index is 2.11. The topological polar surface area (TPSA) is 38.9 Å². The number of thiazole rings is 1. The van der Waals surface area contributed by atoms with Gasteiger partial charge in [0.1, 0.15) is 5.01 Å². The lowest BCUT2D eigenvalue weighted by molar-refractivity contribution is 0.590. The van der Waals surface area contributed by atoms with E-state index in [-0.39, 0.29) is 5.41 Å². The van der Waals surface area contributed by atoms with E-state index in [0.717, 1.165) is 11.4 Å². The Kier molecular flexibility index (Phi) is 3.83. The van der Waals surface area contributed by atoms with Gasteiger partial charge in [0.2, 0.25) is 0 Å². The molecule has 0 amide bonds. The summed E-state index contributed by atoms with van der Waals surface area (Å²) in [6.07, 6.45) is 2.88. The largest absolute Gasteiger partial charge is 0.325 e. The van der Waals surface area contributed by atoms with Crippen molar-refractivity contribution >= 4 is 11.3 Å². The molecule has 0 spiro atoms. The fourth-order valence-electron chi connectivity index (χ4n) is 1.85. The number of benzene rings is 1. The first-order valence-electron chi connectivity index (χ1n) is 6.22. The van der Waals surface area contributed by atoms with Crippen LogP contribution in [0.25, 0.3) is 0 Å². The van der Waals surface area contributed by atoms with Crippen molar-refractivity contribution in [3.63, 3.8) is 0 Å². The Labute approximate surface area is 113 Å². The van der Waals surface area contributed by atoms with Crippen LogP contribution in [0.15, 0.2) is 30.5 Å². The molecule has 1 heterocycles. The summed E-state index contributed by atoms with van der Waals surface area (Å²) in [6.45, 7) is 7.24. The molecular weight excluding hydrogens is 240 g/mol. The van der Waals surface area contributed by atoms with Crippen LogP contribution in [0.3, 0.4) is 0 Å². The van der Waals surface area contributed by atoms with E-state index < -0.39 is 0 Å². The van der Waals surface area contributed by atoms with Gasteiger partial charge in [-0.3, -0.25) is 0 Å². The predicted octanol–water partition coefficient (Wildman–Crippen LogP) is 3.49. The van der Waals surface area contributed by atoms with E-state index in [4.69, 9.17) is 5.73 Å². The van der Waals surface area contributed by atoms with Crippen molar-refractivity contribution in [2.45, 2.75) is 39.2 Å². The first-order valence-corrected chi connectivity index (χ1v) is 7.04. The monoisotopic (exact) mass is 260 g/mol. The van der Waals surface area contributed by atoms with Crippen molar-refractivity contribution in [3.8, 4) is 0 Å². The minimum absolute atomic E-state index is 0.218. The molecule has 3 heteroatoms. The maximum Gasteiger partial charge on any atom is 0.106 e. The summed E-state index contributed by atoms with van der Waals surface area (Å²) in [6, 6.07) is 8.87. The first kappa shape index (κ1) is 13.2. The zero-order valence-corrected chi connectivity index (χ0v) is 12.1. The lowest BCUT2D eigenvalue weighted by Gasteiger charge is -2.19. The lowest BCUT2D eigenvalue weighted by atomic mass is 9.86. The fourth-order valence-corrected chi connectivity index (χ4v) is 2.68. The van der Waals surface area contributed by atoms with Crippen LogP contribution in [-0.2, 0) is 18.4 Å². The molecule has 0 bridgehead atoms. The average molecular weight is 260 g/mol. The fraction of sp³-hybridized carbons (Fsp3) is 0.400. The van der Waals surface area contributed by atoms with Crippen LogP contribution in [0, 0.1) is 0 Å². The lowest BCUT2D eigenvalue weighted by Crippen LogP contribution is -2.10. The Morgan fingerprint density at radius 2 is 1.83 bits per heavy atom. The number of nitrogens with zero attached hydrogens (tertiary/aromatic N) is 1. The maximum absolute atomic E-state index is 5.57. The normalized spacial score (nSPS) is 11.8. The van der Waals surface area contributed by atoms with E-state index in [9.17, 15) is 0 Å². The molecule has 2 nitrogen and oxygen atoms in total. The molecule has 1 aromatic carbocycles. The van der Waals surface area contributed by atoms with Crippen LogP contribution >= 0.6 is 11.3 Å². The Morgan fingerprint density at radius 3 is 2.33 bits per heavy atom. The van der Waals surface area contributed by atoms with Crippen molar-refractivity contribution in [2.75, 3.05) is 0 Å².